The Kier molecular flexibility index (Phi) is 6.48. The Morgan fingerprint density at radius 1 is 1.20 bits per heavy atom. The van der Waals surface area contributed by atoms with Gasteiger partial charge in [-0.2, -0.15) is 5.10 Å². The number of nitrogens with one attached hydrogen (secondary N) is 2. The fraction of sp³-hybridized carbons (Fsp3) is 0.238. The highest BCUT2D eigenvalue weighted by molar-refractivity contribution is 7.89. The Bertz CT molecular complexity index is 1210. The molecule has 0 radical (unpaired) electrons. The number of nitrogens with zero attached hydrogens (tertiary/aromatic N) is 2. The highest BCUT2D eigenvalue weighted by atomic mass is 35.5. The van der Waals surface area contributed by atoms with Gasteiger partial charge in [0.25, 0.3) is 0 Å². The van der Waals surface area contributed by atoms with E-state index in [-0.39, 0.29) is 5.96 Å². The normalized spacial score (nSPS) is 12.3. The van der Waals surface area contributed by atoms with E-state index in [1.165, 1.54) is 10.2 Å². The molecular weight excluding hydrogens is 422 g/mol. The Morgan fingerprint density at radius 2 is 1.87 bits per heavy atom. The predicted octanol–water partition coefficient (Wildman–Crippen LogP) is 4.15. The Balaban J connectivity index is 2.44. The van der Waals surface area contributed by atoms with Crippen molar-refractivity contribution in [3.05, 3.63) is 59.1 Å². The van der Waals surface area contributed by atoms with Gasteiger partial charge in [-0.3, -0.25) is 5.41 Å². The molecule has 1 aromatic heterocycles. The molecule has 158 valence electrons. The highest BCUT2D eigenvalue weighted by Gasteiger charge is 2.26. The predicted molar refractivity (Wildman–Crippen MR) is 124 cm³/mol. The van der Waals surface area contributed by atoms with Crippen LogP contribution in [0.4, 0.5) is 0 Å². The van der Waals surface area contributed by atoms with Crippen molar-refractivity contribution in [2.45, 2.75) is 26.2 Å². The van der Waals surface area contributed by atoms with E-state index in [1.54, 1.807) is 36.4 Å². The van der Waals surface area contributed by atoms with Crippen molar-refractivity contribution >= 4 is 44.2 Å². The molecule has 4 N–H and O–H groups in total. The summed E-state index contributed by atoms with van der Waals surface area (Å²) in [6, 6.07) is 14.3. The van der Waals surface area contributed by atoms with Crippen molar-refractivity contribution in [1.29, 1.82) is 5.41 Å². The number of guanidine groups is 1. The average molecular weight is 446 g/mol. The van der Waals surface area contributed by atoms with Gasteiger partial charge in [0.2, 0.25) is 16.0 Å². The molecule has 0 aliphatic carbocycles. The first-order valence-corrected chi connectivity index (χ1v) is 11.7. The minimum Gasteiger partial charge on any atom is -0.369 e. The average Bonchev–Trinajstić information content (AvgIpc) is 3.04. The molecule has 7 nitrogen and oxygen atoms in total. The van der Waals surface area contributed by atoms with Crippen LogP contribution in [-0.2, 0) is 10.0 Å². The number of hydrogen-bond acceptors (Lipinski definition) is 4. The molecule has 0 bridgehead atoms. The standard InChI is InChI=1S/C21H24ClN5O2S/c1-3-4-8-17(25-26-21(23)24)19-16-7-5-6-9-18(16)27(30(2,28)29)20(19)14-10-12-15(22)13-11-14/h5-7,9-13H,3-4,8H2,1-2H3,(H4,23,24,26). The van der Waals surface area contributed by atoms with Crippen LogP contribution in [0.25, 0.3) is 22.2 Å². The summed E-state index contributed by atoms with van der Waals surface area (Å²) in [5.41, 5.74) is 11.1. The molecule has 0 saturated carbocycles. The second kappa shape index (κ2) is 8.89. The third kappa shape index (κ3) is 4.49. The molecule has 0 fully saturated rings. The lowest BCUT2D eigenvalue weighted by atomic mass is 9.98. The molecule has 2 aromatic carbocycles. The molecular formula is C21H24ClN5O2S. The van der Waals surface area contributed by atoms with Gasteiger partial charge in [-0.05, 0) is 31.0 Å². The van der Waals surface area contributed by atoms with E-state index >= 15 is 0 Å². The van der Waals surface area contributed by atoms with Gasteiger partial charge in [0.05, 0.1) is 23.2 Å². The molecule has 30 heavy (non-hydrogen) atoms. The van der Waals surface area contributed by atoms with E-state index in [1.807, 2.05) is 12.1 Å². The fourth-order valence-electron chi connectivity index (χ4n) is 3.43. The Morgan fingerprint density at radius 3 is 2.47 bits per heavy atom. The summed E-state index contributed by atoms with van der Waals surface area (Å²) in [5.74, 6) is -0.288. The lowest BCUT2D eigenvalue weighted by Gasteiger charge is -2.13. The second-order valence-corrected chi connectivity index (χ2v) is 9.23. The maximum Gasteiger partial charge on any atom is 0.236 e. The molecule has 1 heterocycles. The van der Waals surface area contributed by atoms with Gasteiger partial charge in [-0.1, -0.05) is 55.3 Å². The number of nitrogens with two attached hydrogens (primary N) is 1. The number of aromatic nitrogens is 1. The minimum atomic E-state index is -3.64. The van der Waals surface area contributed by atoms with Crippen molar-refractivity contribution in [1.82, 2.24) is 9.40 Å². The van der Waals surface area contributed by atoms with E-state index in [0.717, 1.165) is 18.2 Å². The summed E-state index contributed by atoms with van der Waals surface area (Å²) >= 11 is 6.07. The molecule has 0 spiro atoms. The van der Waals surface area contributed by atoms with E-state index < -0.39 is 10.0 Å². The fourth-order valence-corrected chi connectivity index (χ4v) is 4.60. The summed E-state index contributed by atoms with van der Waals surface area (Å²) in [6.45, 7) is 2.07. The third-order valence-corrected chi connectivity index (χ3v) is 5.94. The van der Waals surface area contributed by atoms with Gasteiger partial charge in [0.15, 0.2) is 0 Å². The van der Waals surface area contributed by atoms with Gasteiger partial charge >= 0.3 is 0 Å². The maximum absolute atomic E-state index is 12.9. The van der Waals surface area contributed by atoms with Crippen LogP contribution >= 0.6 is 11.6 Å². The number of fused-ring (bicyclic) bond motifs is 1. The van der Waals surface area contributed by atoms with Crippen molar-refractivity contribution in [2.75, 3.05) is 6.26 Å². The number of unbranched alkanes of at least 4 members (excludes halogenated alkanes) is 1. The number of benzene rings is 2. The number of hydrogen-bond donors (Lipinski definition) is 3. The van der Waals surface area contributed by atoms with Crippen molar-refractivity contribution < 1.29 is 8.42 Å². The SMILES string of the molecule is CCCCC(=NNC(=N)N)c1c(-c2ccc(Cl)cc2)n(S(C)(=O)=O)c2ccccc12. The Labute approximate surface area is 181 Å². The van der Waals surface area contributed by atoms with Crippen LogP contribution in [0.3, 0.4) is 0 Å². The first kappa shape index (κ1) is 21.9. The zero-order valence-corrected chi connectivity index (χ0v) is 18.4. The first-order valence-electron chi connectivity index (χ1n) is 9.51. The molecule has 0 saturated heterocycles. The van der Waals surface area contributed by atoms with E-state index in [2.05, 4.69) is 17.5 Å². The van der Waals surface area contributed by atoms with Crippen molar-refractivity contribution in [2.24, 2.45) is 10.8 Å². The largest absolute Gasteiger partial charge is 0.369 e. The number of halogens is 1. The quantitative estimate of drug-likeness (QED) is 0.288. The van der Waals surface area contributed by atoms with E-state index in [9.17, 15) is 8.42 Å². The van der Waals surface area contributed by atoms with Gasteiger partial charge in [0.1, 0.15) is 0 Å². The molecule has 0 atom stereocenters. The molecule has 0 aliphatic heterocycles. The summed E-state index contributed by atoms with van der Waals surface area (Å²) in [6.07, 6.45) is 3.55. The van der Waals surface area contributed by atoms with Crippen LogP contribution in [-0.4, -0.2) is 30.3 Å². The van der Waals surface area contributed by atoms with E-state index in [0.29, 0.717) is 39.5 Å². The first-order chi connectivity index (χ1) is 14.2. The van der Waals surface area contributed by atoms with Crippen LogP contribution in [0.1, 0.15) is 31.7 Å². The topological polar surface area (TPSA) is 113 Å². The maximum atomic E-state index is 12.9. The molecule has 9 heteroatoms. The zero-order valence-electron chi connectivity index (χ0n) is 16.8. The van der Waals surface area contributed by atoms with Gasteiger partial charge in [-0.25, -0.2) is 17.8 Å². The summed E-state index contributed by atoms with van der Waals surface area (Å²) in [4.78, 5) is 0. The third-order valence-electron chi connectivity index (χ3n) is 4.65. The second-order valence-electron chi connectivity index (χ2n) is 6.96. The van der Waals surface area contributed by atoms with Gasteiger partial charge < -0.3 is 5.73 Å². The number of para-hydroxylation sites is 1. The van der Waals surface area contributed by atoms with Crippen LogP contribution in [0.2, 0.25) is 5.02 Å². The van der Waals surface area contributed by atoms with E-state index in [4.69, 9.17) is 22.7 Å². The minimum absolute atomic E-state index is 0.288. The lowest BCUT2D eigenvalue weighted by Crippen LogP contribution is -2.27. The van der Waals surface area contributed by atoms with Crippen LogP contribution in [0.15, 0.2) is 53.6 Å². The molecule has 0 unspecified atom stereocenters. The smallest absolute Gasteiger partial charge is 0.236 e. The highest BCUT2D eigenvalue weighted by Crippen LogP contribution is 2.36. The summed E-state index contributed by atoms with van der Waals surface area (Å²) in [7, 11) is -3.64. The van der Waals surface area contributed by atoms with Gasteiger partial charge in [-0.15, -0.1) is 0 Å². The van der Waals surface area contributed by atoms with Gasteiger partial charge in [0, 0.05) is 21.5 Å². The van der Waals surface area contributed by atoms with Crippen LogP contribution < -0.4 is 11.2 Å². The van der Waals surface area contributed by atoms with Crippen LogP contribution in [0.5, 0.6) is 0 Å². The van der Waals surface area contributed by atoms with Crippen molar-refractivity contribution in [3.63, 3.8) is 0 Å². The zero-order chi connectivity index (χ0) is 21.9. The summed E-state index contributed by atoms with van der Waals surface area (Å²) < 4.78 is 27.0. The molecule has 0 amide bonds. The monoisotopic (exact) mass is 445 g/mol. The molecule has 3 rings (SSSR count). The van der Waals surface area contributed by atoms with Crippen molar-refractivity contribution in [3.8, 4) is 11.3 Å². The summed E-state index contributed by atoms with van der Waals surface area (Å²) in [5, 5.41) is 13.2. The number of hydrazone groups is 1. The Hall–Kier alpha value is -2.84. The number of rotatable bonds is 7. The van der Waals surface area contributed by atoms with Crippen LogP contribution in [0, 0.1) is 5.41 Å². The molecule has 0 aliphatic rings. The lowest BCUT2D eigenvalue weighted by molar-refractivity contribution is 0.595. The molecule has 3 aromatic rings.